The molecule has 0 aliphatic carbocycles. The van der Waals surface area contributed by atoms with Gasteiger partial charge in [0.1, 0.15) is 0 Å². The molecule has 1 aromatic rings. The van der Waals surface area contributed by atoms with E-state index < -0.39 is 11.7 Å². The molecule has 0 saturated carbocycles. The van der Waals surface area contributed by atoms with E-state index in [1.54, 1.807) is 13.0 Å². The quantitative estimate of drug-likeness (QED) is 0.902. The molecule has 1 saturated heterocycles. The maximum atomic E-state index is 12.6. The highest BCUT2D eigenvalue weighted by Crippen LogP contribution is 2.30. The molecule has 0 bridgehead atoms. The Labute approximate surface area is 123 Å². The van der Waals surface area contributed by atoms with Gasteiger partial charge >= 0.3 is 6.18 Å². The van der Waals surface area contributed by atoms with Gasteiger partial charge in [-0.05, 0) is 37.1 Å². The first-order valence-electron chi connectivity index (χ1n) is 6.49. The number of aryl methyl sites for hydroxylation is 1. The Morgan fingerprint density at radius 3 is 2.60 bits per heavy atom. The summed E-state index contributed by atoms with van der Waals surface area (Å²) in [4.78, 5) is 2.30. The maximum Gasteiger partial charge on any atom is 0.416 e. The van der Waals surface area contributed by atoms with Gasteiger partial charge in [-0.2, -0.15) is 13.2 Å². The number of benzene rings is 1. The largest absolute Gasteiger partial charge is 0.416 e. The first-order chi connectivity index (χ1) is 8.88. The van der Waals surface area contributed by atoms with Crippen LogP contribution in [0.5, 0.6) is 0 Å². The standard InChI is InChI=1S/C14H19F3N2.ClH/c1-10-7-13(14(15,16)17)4-3-12(10)9-19-6-5-18-8-11(19)2;/h3-4,7,11,18H,5-6,8-9H2,1-2H3;1H/t11-;/m0./s1. The highest BCUT2D eigenvalue weighted by Gasteiger charge is 2.30. The van der Waals surface area contributed by atoms with Crippen LogP contribution in [0.15, 0.2) is 18.2 Å². The van der Waals surface area contributed by atoms with E-state index in [0.717, 1.165) is 25.2 Å². The summed E-state index contributed by atoms with van der Waals surface area (Å²) in [5, 5.41) is 3.30. The number of nitrogens with zero attached hydrogens (tertiary/aromatic N) is 1. The summed E-state index contributed by atoms with van der Waals surface area (Å²) in [6.07, 6.45) is -4.26. The Balaban J connectivity index is 0.00000200. The van der Waals surface area contributed by atoms with Crippen molar-refractivity contribution < 1.29 is 13.2 Å². The van der Waals surface area contributed by atoms with Crippen LogP contribution in [0.4, 0.5) is 13.2 Å². The topological polar surface area (TPSA) is 15.3 Å². The van der Waals surface area contributed by atoms with Crippen molar-refractivity contribution in [2.75, 3.05) is 19.6 Å². The minimum atomic E-state index is -4.26. The summed E-state index contributed by atoms with van der Waals surface area (Å²) in [6, 6.07) is 4.43. The third-order valence-electron chi connectivity index (χ3n) is 3.68. The van der Waals surface area contributed by atoms with Crippen LogP contribution in [0.3, 0.4) is 0 Å². The average molecular weight is 309 g/mol. The first kappa shape index (κ1) is 17.3. The van der Waals surface area contributed by atoms with E-state index in [9.17, 15) is 13.2 Å². The van der Waals surface area contributed by atoms with Crippen LogP contribution >= 0.6 is 12.4 Å². The van der Waals surface area contributed by atoms with Gasteiger partial charge in [0.2, 0.25) is 0 Å². The Kier molecular flexibility index (Phi) is 5.86. The van der Waals surface area contributed by atoms with Gasteiger partial charge < -0.3 is 5.32 Å². The fourth-order valence-corrected chi connectivity index (χ4v) is 2.39. The molecule has 6 heteroatoms. The first-order valence-corrected chi connectivity index (χ1v) is 6.49. The molecule has 1 aliphatic rings. The van der Waals surface area contributed by atoms with Crippen LogP contribution in [0, 0.1) is 6.92 Å². The van der Waals surface area contributed by atoms with Crippen LogP contribution in [0.1, 0.15) is 23.6 Å². The van der Waals surface area contributed by atoms with Crippen LogP contribution in [0.25, 0.3) is 0 Å². The van der Waals surface area contributed by atoms with E-state index in [-0.39, 0.29) is 12.4 Å². The van der Waals surface area contributed by atoms with Crippen molar-refractivity contribution in [1.82, 2.24) is 10.2 Å². The zero-order valence-electron chi connectivity index (χ0n) is 11.6. The smallest absolute Gasteiger partial charge is 0.314 e. The highest BCUT2D eigenvalue weighted by molar-refractivity contribution is 5.85. The second kappa shape index (κ2) is 6.78. The molecular weight excluding hydrogens is 289 g/mol. The molecule has 1 N–H and O–H groups in total. The SMILES string of the molecule is Cc1cc(C(F)(F)F)ccc1CN1CCNC[C@@H]1C.Cl. The average Bonchev–Trinajstić information content (AvgIpc) is 2.33. The van der Waals surface area contributed by atoms with Gasteiger partial charge in [0, 0.05) is 32.2 Å². The van der Waals surface area contributed by atoms with Crippen molar-refractivity contribution in [2.45, 2.75) is 32.6 Å². The van der Waals surface area contributed by atoms with Gasteiger partial charge in [-0.25, -0.2) is 0 Å². The van der Waals surface area contributed by atoms with E-state index in [0.29, 0.717) is 18.2 Å². The fraction of sp³-hybridized carbons (Fsp3) is 0.571. The molecule has 0 aromatic heterocycles. The highest BCUT2D eigenvalue weighted by atomic mass is 35.5. The lowest BCUT2D eigenvalue weighted by Crippen LogP contribution is -2.49. The Bertz CT molecular complexity index is 449. The molecule has 0 radical (unpaired) electrons. The molecular formula is C14H20ClF3N2. The minimum Gasteiger partial charge on any atom is -0.314 e. The summed E-state index contributed by atoms with van der Waals surface area (Å²) >= 11 is 0. The molecule has 2 nitrogen and oxygen atoms in total. The van der Waals surface area contributed by atoms with E-state index in [1.807, 2.05) is 0 Å². The lowest BCUT2D eigenvalue weighted by molar-refractivity contribution is -0.137. The van der Waals surface area contributed by atoms with Crippen molar-refractivity contribution in [2.24, 2.45) is 0 Å². The maximum absolute atomic E-state index is 12.6. The molecule has 114 valence electrons. The van der Waals surface area contributed by atoms with Gasteiger partial charge in [-0.15, -0.1) is 12.4 Å². The molecule has 0 unspecified atom stereocenters. The lowest BCUT2D eigenvalue weighted by atomic mass is 10.0. The summed E-state index contributed by atoms with van der Waals surface area (Å²) in [5.74, 6) is 0. The molecule has 20 heavy (non-hydrogen) atoms. The van der Waals surface area contributed by atoms with E-state index >= 15 is 0 Å². The van der Waals surface area contributed by atoms with Crippen molar-refractivity contribution in [1.29, 1.82) is 0 Å². The predicted molar refractivity (Wildman–Crippen MR) is 76.2 cm³/mol. The summed E-state index contributed by atoms with van der Waals surface area (Å²) in [5.41, 5.74) is 1.12. The summed E-state index contributed by atoms with van der Waals surface area (Å²) in [7, 11) is 0. The number of hydrogen-bond donors (Lipinski definition) is 1. The van der Waals surface area contributed by atoms with Crippen LogP contribution < -0.4 is 5.32 Å². The third-order valence-corrected chi connectivity index (χ3v) is 3.68. The van der Waals surface area contributed by atoms with Crippen LogP contribution in [0.2, 0.25) is 0 Å². The molecule has 0 spiro atoms. The van der Waals surface area contributed by atoms with Gasteiger partial charge in [0.25, 0.3) is 0 Å². The molecule has 1 aromatic carbocycles. The van der Waals surface area contributed by atoms with Gasteiger partial charge in [0.15, 0.2) is 0 Å². The summed E-state index contributed by atoms with van der Waals surface area (Å²) < 4.78 is 37.8. The number of piperazine rings is 1. The second-order valence-electron chi connectivity index (χ2n) is 5.16. The Morgan fingerprint density at radius 1 is 1.35 bits per heavy atom. The Morgan fingerprint density at radius 2 is 2.05 bits per heavy atom. The minimum absolute atomic E-state index is 0. The van der Waals surface area contributed by atoms with Gasteiger partial charge in [-0.1, -0.05) is 6.07 Å². The van der Waals surface area contributed by atoms with E-state index in [4.69, 9.17) is 0 Å². The van der Waals surface area contributed by atoms with Crippen molar-refractivity contribution in [3.63, 3.8) is 0 Å². The van der Waals surface area contributed by atoms with Crippen molar-refractivity contribution in [3.05, 3.63) is 34.9 Å². The fourth-order valence-electron chi connectivity index (χ4n) is 2.39. The van der Waals surface area contributed by atoms with Crippen LogP contribution in [-0.2, 0) is 12.7 Å². The number of alkyl halides is 3. The van der Waals surface area contributed by atoms with Crippen LogP contribution in [-0.4, -0.2) is 30.6 Å². The molecule has 1 heterocycles. The molecule has 1 atom stereocenters. The van der Waals surface area contributed by atoms with E-state index in [1.165, 1.54) is 12.1 Å². The number of hydrogen-bond acceptors (Lipinski definition) is 2. The van der Waals surface area contributed by atoms with Gasteiger partial charge in [-0.3, -0.25) is 4.90 Å². The van der Waals surface area contributed by atoms with E-state index in [2.05, 4.69) is 17.1 Å². The van der Waals surface area contributed by atoms with Crippen molar-refractivity contribution in [3.8, 4) is 0 Å². The predicted octanol–water partition coefficient (Wildman–Crippen LogP) is 3.23. The lowest BCUT2D eigenvalue weighted by Gasteiger charge is -2.34. The summed E-state index contributed by atoms with van der Waals surface area (Å²) in [6.45, 7) is 7.39. The zero-order valence-corrected chi connectivity index (χ0v) is 12.4. The number of halogens is 4. The second-order valence-corrected chi connectivity index (χ2v) is 5.16. The molecule has 2 rings (SSSR count). The molecule has 1 aliphatic heterocycles. The monoisotopic (exact) mass is 308 g/mol. The number of nitrogens with one attached hydrogen (secondary N) is 1. The van der Waals surface area contributed by atoms with Gasteiger partial charge in [0.05, 0.1) is 5.56 Å². The molecule has 1 fully saturated rings. The normalized spacial score (nSPS) is 20.6. The third kappa shape index (κ3) is 4.11. The molecule has 0 amide bonds. The zero-order chi connectivity index (χ0) is 14.0. The van der Waals surface area contributed by atoms with Crippen molar-refractivity contribution >= 4 is 12.4 Å². The number of rotatable bonds is 2. The Hall–Kier alpha value is -0.780.